The van der Waals surface area contributed by atoms with Crippen LogP contribution in [0.4, 0.5) is 10.1 Å². The summed E-state index contributed by atoms with van der Waals surface area (Å²) in [5.41, 5.74) is 0.439. The molecule has 0 heterocycles. The molecule has 1 N–H and O–H groups in total. The molecule has 1 aromatic rings. The summed E-state index contributed by atoms with van der Waals surface area (Å²) in [4.78, 5) is 15.0. The van der Waals surface area contributed by atoms with E-state index < -0.39 is 11.8 Å². The second kappa shape index (κ2) is 7.24. The Balaban J connectivity index is 2.95. The second-order valence-electron chi connectivity index (χ2n) is 5.61. The van der Waals surface area contributed by atoms with Gasteiger partial charge in [-0.3, -0.25) is 0 Å². The molecule has 5 heteroatoms. The number of hydrogen-bond acceptors (Lipinski definition) is 3. The summed E-state index contributed by atoms with van der Waals surface area (Å²) in [5.74, 6) is -1.48. The van der Waals surface area contributed by atoms with Crippen LogP contribution in [0.5, 0.6) is 0 Å². The van der Waals surface area contributed by atoms with Gasteiger partial charge in [0.1, 0.15) is 5.82 Å². The molecule has 0 aliphatic carbocycles. The number of carboxylic acids is 1. The van der Waals surface area contributed by atoms with E-state index in [1.165, 1.54) is 12.1 Å². The maximum Gasteiger partial charge on any atom is 0.338 e. The molecule has 1 rings (SSSR count). The molecule has 0 amide bonds. The van der Waals surface area contributed by atoms with Crippen molar-refractivity contribution in [3.8, 4) is 0 Å². The first kappa shape index (κ1) is 16.4. The lowest BCUT2D eigenvalue weighted by Gasteiger charge is -2.28. The van der Waals surface area contributed by atoms with Crippen LogP contribution in [0, 0.1) is 11.7 Å². The van der Waals surface area contributed by atoms with Crippen molar-refractivity contribution < 1.29 is 14.3 Å². The third-order valence-corrected chi connectivity index (χ3v) is 2.95. The Morgan fingerprint density at radius 1 is 1.30 bits per heavy atom. The van der Waals surface area contributed by atoms with E-state index in [2.05, 4.69) is 23.6 Å². The van der Waals surface area contributed by atoms with Gasteiger partial charge in [0, 0.05) is 25.3 Å². The number of rotatable bonds is 7. The van der Waals surface area contributed by atoms with Crippen molar-refractivity contribution in [2.75, 3.05) is 38.6 Å². The van der Waals surface area contributed by atoms with E-state index in [0.29, 0.717) is 5.92 Å². The molecule has 0 aliphatic rings. The molecular weight excluding hydrogens is 259 g/mol. The van der Waals surface area contributed by atoms with E-state index >= 15 is 0 Å². The van der Waals surface area contributed by atoms with Gasteiger partial charge in [0.15, 0.2) is 0 Å². The number of hydrogen-bond donors (Lipinski definition) is 1. The first-order valence-corrected chi connectivity index (χ1v) is 6.73. The first-order valence-electron chi connectivity index (χ1n) is 6.73. The average molecular weight is 282 g/mol. The lowest BCUT2D eigenvalue weighted by Crippen LogP contribution is -2.34. The van der Waals surface area contributed by atoms with Crippen LogP contribution in [0.1, 0.15) is 24.2 Å². The Bertz CT molecular complexity index is 461. The Morgan fingerprint density at radius 2 is 1.95 bits per heavy atom. The predicted octanol–water partition coefficient (Wildman–Crippen LogP) is 2.55. The van der Waals surface area contributed by atoms with Crippen LogP contribution in [0.25, 0.3) is 0 Å². The molecule has 0 radical (unpaired) electrons. The van der Waals surface area contributed by atoms with Crippen LogP contribution < -0.4 is 4.90 Å². The van der Waals surface area contributed by atoms with Crippen LogP contribution in [-0.2, 0) is 0 Å². The zero-order chi connectivity index (χ0) is 15.3. The second-order valence-corrected chi connectivity index (χ2v) is 5.61. The van der Waals surface area contributed by atoms with E-state index in [4.69, 9.17) is 5.11 Å². The monoisotopic (exact) mass is 282 g/mol. The number of aromatic carboxylic acids is 1. The summed E-state index contributed by atoms with van der Waals surface area (Å²) < 4.78 is 13.8. The van der Waals surface area contributed by atoms with Crippen molar-refractivity contribution in [3.63, 3.8) is 0 Å². The highest BCUT2D eigenvalue weighted by Gasteiger charge is 2.14. The number of carbonyl (C=O) groups is 1. The fourth-order valence-corrected chi connectivity index (χ4v) is 1.96. The SMILES string of the molecule is CC(C)CN(CCN(C)C)c1ccc(C(=O)O)c(F)c1. The van der Waals surface area contributed by atoms with Crippen molar-refractivity contribution in [2.24, 2.45) is 5.92 Å². The van der Waals surface area contributed by atoms with Crippen molar-refractivity contribution in [3.05, 3.63) is 29.6 Å². The third-order valence-electron chi connectivity index (χ3n) is 2.95. The molecule has 0 bridgehead atoms. The van der Waals surface area contributed by atoms with E-state index in [-0.39, 0.29) is 5.56 Å². The molecule has 0 aromatic heterocycles. The minimum absolute atomic E-state index is 0.286. The summed E-state index contributed by atoms with van der Waals surface area (Å²) in [6.07, 6.45) is 0. The molecule has 0 saturated heterocycles. The smallest absolute Gasteiger partial charge is 0.338 e. The standard InChI is InChI=1S/C15H23FN2O2/c1-11(2)10-18(8-7-17(3)4)12-5-6-13(15(19)20)14(16)9-12/h5-6,9,11H,7-8,10H2,1-4H3,(H,19,20). The van der Waals surface area contributed by atoms with Gasteiger partial charge in [0.05, 0.1) is 5.56 Å². The van der Waals surface area contributed by atoms with Crippen LogP contribution >= 0.6 is 0 Å². The van der Waals surface area contributed by atoms with Gasteiger partial charge in [-0.15, -0.1) is 0 Å². The van der Waals surface area contributed by atoms with E-state index in [0.717, 1.165) is 25.3 Å². The average Bonchev–Trinajstić information content (AvgIpc) is 2.33. The van der Waals surface area contributed by atoms with E-state index in [9.17, 15) is 9.18 Å². The maximum absolute atomic E-state index is 13.8. The third kappa shape index (κ3) is 4.81. The Morgan fingerprint density at radius 3 is 2.40 bits per heavy atom. The zero-order valence-electron chi connectivity index (χ0n) is 12.6. The van der Waals surface area contributed by atoms with E-state index in [1.54, 1.807) is 6.07 Å². The summed E-state index contributed by atoms with van der Waals surface area (Å²) in [6.45, 7) is 6.64. The number of carboxylic acid groups (broad SMARTS) is 1. The van der Waals surface area contributed by atoms with Gasteiger partial charge >= 0.3 is 5.97 Å². The molecular formula is C15H23FN2O2. The largest absolute Gasteiger partial charge is 0.478 e. The van der Waals surface area contributed by atoms with Crippen molar-refractivity contribution >= 4 is 11.7 Å². The number of anilines is 1. The summed E-state index contributed by atoms with van der Waals surface area (Å²) in [5, 5.41) is 8.86. The molecule has 0 spiro atoms. The summed E-state index contributed by atoms with van der Waals surface area (Å²) in [7, 11) is 3.98. The molecule has 0 unspecified atom stereocenters. The van der Waals surface area contributed by atoms with Gasteiger partial charge in [-0.25, -0.2) is 9.18 Å². The van der Waals surface area contributed by atoms with E-state index in [1.807, 2.05) is 14.1 Å². The molecule has 1 aromatic carbocycles. The van der Waals surface area contributed by atoms with Gasteiger partial charge in [0.25, 0.3) is 0 Å². The Hall–Kier alpha value is -1.62. The maximum atomic E-state index is 13.8. The van der Waals surface area contributed by atoms with Gasteiger partial charge in [-0.2, -0.15) is 0 Å². The molecule has 0 atom stereocenters. The summed E-state index contributed by atoms with van der Waals surface area (Å²) in [6, 6.07) is 4.31. The molecule has 0 saturated carbocycles. The minimum atomic E-state index is -1.24. The van der Waals surface area contributed by atoms with Crippen LogP contribution in [0.15, 0.2) is 18.2 Å². The highest BCUT2D eigenvalue weighted by molar-refractivity contribution is 5.88. The minimum Gasteiger partial charge on any atom is -0.478 e. The fourth-order valence-electron chi connectivity index (χ4n) is 1.96. The van der Waals surface area contributed by atoms with Crippen LogP contribution in [0.3, 0.4) is 0 Å². The Labute approximate surface area is 119 Å². The number of likely N-dealkylation sites (N-methyl/N-ethyl adjacent to an activating group) is 1. The van der Waals surface area contributed by atoms with Crippen LogP contribution in [0.2, 0.25) is 0 Å². The van der Waals surface area contributed by atoms with Gasteiger partial charge in [0.2, 0.25) is 0 Å². The zero-order valence-corrected chi connectivity index (χ0v) is 12.6. The first-order chi connectivity index (χ1) is 9.31. The highest BCUT2D eigenvalue weighted by atomic mass is 19.1. The normalized spacial score (nSPS) is 11.2. The van der Waals surface area contributed by atoms with Crippen molar-refractivity contribution in [2.45, 2.75) is 13.8 Å². The van der Waals surface area contributed by atoms with Gasteiger partial charge in [-0.05, 0) is 38.2 Å². The number of nitrogens with zero attached hydrogens (tertiary/aromatic N) is 2. The van der Waals surface area contributed by atoms with Gasteiger partial charge < -0.3 is 14.9 Å². The molecule has 20 heavy (non-hydrogen) atoms. The topological polar surface area (TPSA) is 43.8 Å². The lowest BCUT2D eigenvalue weighted by molar-refractivity contribution is 0.0692. The van der Waals surface area contributed by atoms with Gasteiger partial charge in [-0.1, -0.05) is 13.8 Å². The van der Waals surface area contributed by atoms with Crippen molar-refractivity contribution in [1.29, 1.82) is 0 Å². The fraction of sp³-hybridized carbons (Fsp3) is 0.533. The molecule has 4 nitrogen and oxygen atoms in total. The highest BCUT2D eigenvalue weighted by Crippen LogP contribution is 2.20. The van der Waals surface area contributed by atoms with Crippen molar-refractivity contribution in [1.82, 2.24) is 4.90 Å². The van der Waals surface area contributed by atoms with Crippen LogP contribution in [-0.4, -0.2) is 49.7 Å². The molecule has 112 valence electrons. The Kier molecular flexibility index (Phi) is 5.95. The molecule has 0 fully saturated rings. The molecule has 0 aliphatic heterocycles. The number of benzene rings is 1. The number of halogens is 1. The lowest BCUT2D eigenvalue weighted by atomic mass is 10.1. The summed E-state index contributed by atoms with van der Waals surface area (Å²) >= 11 is 0. The quantitative estimate of drug-likeness (QED) is 0.834. The predicted molar refractivity (Wildman–Crippen MR) is 79.0 cm³/mol.